The van der Waals surface area contributed by atoms with Crippen molar-refractivity contribution >= 4 is 58.2 Å². The maximum atomic E-state index is 7.35. The average molecular weight is 329 g/mol. The molecule has 0 aliphatic rings. The zero-order chi connectivity index (χ0) is 8.97. The van der Waals surface area contributed by atoms with Crippen LogP contribution in [-0.2, 0) is 0 Å². The van der Waals surface area contributed by atoms with Crippen LogP contribution in [0.2, 0.25) is 5.02 Å². The molecule has 2 nitrogen and oxygen atoms in total. The van der Waals surface area contributed by atoms with Gasteiger partial charge in [0.2, 0.25) is 0 Å². The first kappa shape index (κ1) is 13.1. The SMILES string of the molecule is CSC(=N)Nc1ccc(Cl)cc1.I. The fourth-order valence-corrected chi connectivity index (χ4v) is 1.06. The number of thioether (sulfide) groups is 1. The van der Waals surface area contributed by atoms with Crippen LogP contribution in [0.3, 0.4) is 0 Å². The molecule has 0 saturated carbocycles. The lowest BCUT2D eigenvalue weighted by Crippen LogP contribution is -2.04. The molecule has 0 saturated heterocycles. The molecule has 13 heavy (non-hydrogen) atoms. The van der Waals surface area contributed by atoms with Crippen molar-refractivity contribution in [3.63, 3.8) is 0 Å². The Kier molecular flexibility index (Phi) is 6.53. The maximum absolute atomic E-state index is 7.35. The van der Waals surface area contributed by atoms with E-state index in [1.807, 2.05) is 18.4 Å². The minimum atomic E-state index is 0. The number of hydrogen-bond donors (Lipinski definition) is 2. The molecule has 0 radical (unpaired) electrons. The summed E-state index contributed by atoms with van der Waals surface area (Å²) in [7, 11) is 0. The second-order valence-electron chi connectivity index (χ2n) is 2.17. The molecule has 2 N–H and O–H groups in total. The second kappa shape index (κ2) is 6.50. The third-order valence-electron chi connectivity index (χ3n) is 1.31. The van der Waals surface area contributed by atoms with E-state index < -0.39 is 0 Å². The van der Waals surface area contributed by atoms with Crippen molar-refractivity contribution in [1.29, 1.82) is 5.41 Å². The monoisotopic (exact) mass is 328 g/mol. The Balaban J connectivity index is 0.00000144. The van der Waals surface area contributed by atoms with E-state index >= 15 is 0 Å². The first-order valence-corrected chi connectivity index (χ1v) is 4.98. The smallest absolute Gasteiger partial charge is 0.157 e. The molecule has 0 unspecified atom stereocenters. The number of nitrogens with one attached hydrogen (secondary N) is 2. The Bertz CT molecular complexity index is 276. The molecule has 0 aliphatic heterocycles. The Hall–Kier alpha value is 0.0600. The summed E-state index contributed by atoms with van der Waals surface area (Å²) in [6.45, 7) is 0. The summed E-state index contributed by atoms with van der Waals surface area (Å²) < 4.78 is 0. The van der Waals surface area contributed by atoms with Crippen LogP contribution in [0.1, 0.15) is 0 Å². The first-order chi connectivity index (χ1) is 5.72. The van der Waals surface area contributed by atoms with Gasteiger partial charge in [-0.1, -0.05) is 23.4 Å². The quantitative estimate of drug-likeness (QED) is 0.469. The summed E-state index contributed by atoms with van der Waals surface area (Å²) in [5.74, 6) is 0. The van der Waals surface area contributed by atoms with E-state index in [9.17, 15) is 0 Å². The molecule has 0 bridgehead atoms. The Morgan fingerprint density at radius 2 is 1.92 bits per heavy atom. The van der Waals surface area contributed by atoms with Crippen LogP contribution in [0.4, 0.5) is 5.69 Å². The summed E-state index contributed by atoms with van der Waals surface area (Å²) >= 11 is 7.06. The third kappa shape index (κ3) is 4.73. The van der Waals surface area contributed by atoms with Crippen molar-refractivity contribution < 1.29 is 0 Å². The second-order valence-corrected chi connectivity index (χ2v) is 3.42. The average Bonchev–Trinajstić information content (AvgIpc) is 2.09. The van der Waals surface area contributed by atoms with E-state index in [1.54, 1.807) is 12.1 Å². The first-order valence-electron chi connectivity index (χ1n) is 3.37. The van der Waals surface area contributed by atoms with Crippen LogP contribution in [0.15, 0.2) is 24.3 Å². The lowest BCUT2D eigenvalue weighted by molar-refractivity contribution is 1.52. The summed E-state index contributed by atoms with van der Waals surface area (Å²) in [6, 6.07) is 7.26. The van der Waals surface area contributed by atoms with E-state index in [0.717, 1.165) is 5.69 Å². The van der Waals surface area contributed by atoms with E-state index in [4.69, 9.17) is 17.0 Å². The van der Waals surface area contributed by atoms with Crippen LogP contribution >= 0.6 is 47.3 Å². The highest BCUT2D eigenvalue weighted by molar-refractivity contribution is 14.0. The standard InChI is InChI=1S/C8H9ClN2S.HI/c1-12-8(10)11-7-4-2-6(9)3-5-7;/h2-5H,1H3,(H2,10,11);1H. The summed E-state index contributed by atoms with van der Waals surface area (Å²) in [5.41, 5.74) is 0.888. The van der Waals surface area contributed by atoms with Crippen LogP contribution in [-0.4, -0.2) is 11.4 Å². The van der Waals surface area contributed by atoms with Gasteiger partial charge < -0.3 is 5.32 Å². The van der Waals surface area contributed by atoms with Crippen molar-refractivity contribution in [1.82, 2.24) is 0 Å². The van der Waals surface area contributed by atoms with Gasteiger partial charge in [-0.25, -0.2) is 0 Å². The Morgan fingerprint density at radius 1 is 1.38 bits per heavy atom. The molecule has 5 heteroatoms. The molecular formula is C8H10ClIN2S. The van der Waals surface area contributed by atoms with Crippen molar-refractivity contribution in [3.05, 3.63) is 29.3 Å². The van der Waals surface area contributed by atoms with Crippen molar-refractivity contribution in [3.8, 4) is 0 Å². The highest BCUT2D eigenvalue weighted by Crippen LogP contribution is 2.14. The van der Waals surface area contributed by atoms with Gasteiger partial charge in [0, 0.05) is 10.7 Å². The molecule has 1 aromatic rings. The van der Waals surface area contributed by atoms with Crippen LogP contribution in [0, 0.1) is 5.41 Å². The van der Waals surface area contributed by atoms with E-state index in [2.05, 4.69) is 5.32 Å². The molecule has 72 valence electrons. The molecule has 0 aliphatic carbocycles. The number of anilines is 1. The Morgan fingerprint density at radius 3 is 2.38 bits per heavy atom. The lowest BCUT2D eigenvalue weighted by atomic mass is 10.3. The third-order valence-corrected chi connectivity index (χ3v) is 2.07. The van der Waals surface area contributed by atoms with Crippen molar-refractivity contribution in [2.75, 3.05) is 11.6 Å². The molecule has 1 aromatic carbocycles. The minimum absolute atomic E-state index is 0. The lowest BCUT2D eigenvalue weighted by Gasteiger charge is -2.04. The van der Waals surface area contributed by atoms with Crippen molar-refractivity contribution in [2.24, 2.45) is 0 Å². The van der Waals surface area contributed by atoms with Gasteiger partial charge in [0.05, 0.1) is 0 Å². The van der Waals surface area contributed by atoms with Gasteiger partial charge in [-0.2, -0.15) is 0 Å². The molecule has 0 fully saturated rings. The topological polar surface area (TPSA) is 35.9 Å². The van der Waals surface area contributed by atoms with E-state index in [1.165, 1.54) is 11.8 Å². The van der Waals surface area contributed by atoms with Crippen LogP contribution < -0.4 is 5.32 Å². The number of amidine groups is 1. The number of benzene rings is 1. The number of hydrogen-bond acceptors (Lipinski definition) is 2. The van der Waals surface area contributed by atoms with Crippen molar-refractivity contribution in [2.45, 2.75) is 0 Å². The van der Waals surface area contributed by atoms with Gasteiger partial charge in [-0.3, -0.25) is 5.41 Å². The summed E-state index contributed by atoms with van der Waals surface area (Å²) in [6.07, 6.45) is 1.85. The molecule has 0 amide bonds. The molecule has 1 rings (SSSR count). The van der Waals surface area contributed by atoms with Gasteiger partial charge in [0.15, 0.2) is 5.17 Å². The van der Waals surface area contributed by atoms with Gasteiger partial charge in [-0.15, -0.1) is 24.0 Å². The van der Waals surface area contributed by atoms with Gasteiger partial charge in [0.1, 0.15) is 0 Å². The molecule has 0 spiro atoms. The fourth-order valence-electron chi connectivity index (χ4n) is 0.715. The highest BCUT2D eigenvalue weighted by Gasteiger charge is 1.94. The van der Waals surface area contributed by atoms with Gasteiger partial charge >= 0.3 is 0 Å². The number of rotatable bonds is 1. The number of halogens is 2. The van der Waals surface area contributed by atoms with Gasteiger partial charge in [-0.05, 0) is 30.5 Å². The predicted molar refractivity (Wildman–Crippen MR) is 71.7 cm³/mol. The Labute approximate surface area is 104 Å². The normalized spacial score (nSPS) is 8.77. The van der Waals surface area contributed by atoms with Crippen LogP contribution in [0.5, 0.6) is 0 Å². The molecule has 0 aromatic heterocycles. The van der Waals surface area contributed by atoms with E-state index in [0.29, 0.717) is 10.2 Å². The maximum Gasteiger partial charge on any atom is 0.157 e. The van der Waals surface area contributed by atoms with E-state index in [-0.39, 0.29) is 24.0 Å². The fraction of sp³-hybridized carbons (Fsp3) is 0.125. The molecule has 0 atom stereocenters. The molecule has 0 heterocycles. The van der Waals surface area contributed by atoms with Crippen LogP contribution in [0.25, 0.3) is 0 Å². The minimum Gasteiger partial charge on any atom is -0.335 e. The predicted octanol–water partition coefficient (Wildman–Crippen LogP) is 3.67. The summed E-state index contributed by atoms with van der Waals surface area (Å²) in [4.78, 5) is 0. The highest BCUT2D eigenvalue weighted by atomic mass is 127. The largest absolute Gasteiger partial charge is 0.335 e. The zero-order valence-corrected chi connectivity index (χ0v) is 10.9. The summed E-state index contributed by atoms with van der Waals surface area (Å²) in [5, 5.41) is 11.4. The zero-order valence-electron chi connectivity index (χ0n) is 7.00. The van der Waals surface area contributed by atoms with Gasteiger partial charge in [0.25, 0.3) is 0 Å². The molecular weight excluding hydrogens is 319 g/mol.